The number of aromatic nitrogens is 4. The van der Waals surface area contributed by atoms with Crippen molar-refractivity contribution in [3.05, 3.63) is 120 Å². The number of nitrogens with zero attached hydrogens (tertiary/aromatic N) is 4. The van der Waals surface area contributed by atoms with E-state index in [2.05, 4.69) is 39.3 Å². The number of imidazole rings is 1. The maximum Gasteiger partial charge on any atom is 0.338 e. The average molecular weight is 562 g/mol. The van der Waals surface area contributed by atoms with Crippen molar-refractivity contribution in [2.24, 2.45) is 5.92 Å². The van der Waals surface area contributed by atoms with Gasteiger partial charge in [-0.3, -0.25) is 9.36 Å². The third-order valence-corrected chi connectivity index (χ3v) is 7.66. The van der Waals surface area contributed by atoms with Gasteiger partial charge in [0, 0.05) is 11.5 Å². The third-order valence-electron chi connectivity index (χ3n) is 7.66. The van der Waals surface area contributed by atoms with Gasteiger partial charge in [0.1, 0.15) is 6.33 Å². The Bertz CT molecular complexity index is 1660. The monoisotopic (exact) mass is 561 g/mol. The predicted octanol–water partition coefficient (Wildman–Crippen LogP) is 5.86. The highest BCUT2D eigenvalue weighted by Crippen LogP contribution is 2.41. The van der Waals surface area contributed by atoms with Crippen molar-refractivity contribution in [2.45, 2.75) is 44.6 Å². The normalized spacial score (nSPS) is 19.9. The molecule has 9 nitrogen and oxygen atoms in total. The molecule has 6 rings (SSSR count). The lowest BCUT2D eigenvalue weighted by molar-refractivity contribution is -0.0470. The number of rotatable bonds is 9. The molecule has 42 heavy (non-hydrogen) atoms. The molecule has 1 N–H and O–H groups in total. The zero-order valence-corrected chi connectivity index (χ0v) is 23.2. The van der Waals surface area contributed by atoms with E-state index in [4.69, 9.17) is 9.47 Å². The molecule has 4 atom stereocenters. The fourth-order valence-corrected chi connectivity index (χ4v) is 5.54. The van der Waals surface area contributed by atoms with Gasteiger partial charge in [0.15, 0.2) is 29.3 Å². The molecule has 9 heteroatoms. The standard InChI is InChI=1S/C33H31N5O4/c1-2-26-25(19-18-22-12-6-3-7-13-22)28(42-33(40)24-16-10-5-11-17-24)32(41-26)38-21-36-27-29(34-20-35-30(27)38)37-31(39)23-14-8-4-9-15-23/h3-17,20-21,25-26,28,32H,2,18-19H2,1H3,(H,34,35,37,39)/t25?,26-,28+,32-/m1/s1. The average Bonchev–Trinajstić information content (AvgIpc) is 3.63. The van der Waals surface area contributed by atoms with Crippen LogP contribution in [0, 0.1) is 5.92 Å². The van der Waals surface area contributed by atoms with Crippen LogP contribution in [0.5, 0.6) is 0 Å². The van der Waals surface area contributed by atoms with Gasteiger partial charge in [0.2, 0.25) is 0 Å². The molecule has 1 saturated heterocycles. The van der Waals surface area contributed by atoms with Crippen molar-refractivity contribution in [2.75, 3.05) is 5.32 Å². The summed E-state index contributed by atoms with van der Waals surface area (Å²) in [6.45, 7) is 2.07. The second-order valence-corrected chi connectivity index (χ2v) is 10.3. The lowest BCUT2D eigenvalue weighted by atomic mass is 9.89. The minimum absolute atomic E-state index is 0.0654. The summed E-state index contributed by atoms with van der Waals surface area (Å²) < 4.78 is 14.6. The van der Waals surface area contributed by atoms with Crippen LogP contribution in [0.3, 0.4) is 0 Å². The molecule has 0 saturated carbocycles. The van der Waals surface area contributed by atoms with E-state index >= 15 is 0 Å². The van der Waals surface area contributed by atoms with Crippen LogP contribution >= 0.6 is 0 Å². The first-order valence-electron chi connectivity index (χ1n) is 14.1. The molecule has 1 amide bonds. The fourth-order valence-electron chi connectivity index (χ4n) is 5.54. The summed E-state index contributed by atoms with van der Waals surface area (Å²) in [5.74, 6) is -0.491. The van der Waals surface area contributed by atoms with Crippen LogP contribution in [0.2, 0.25) is 0 Å². The zero-order chi connectivity index (χ0) is 28.9. The van der Waals surface area contributed by atoms with Crippen LogP contribution in [0.15, 0.2) is 104 Å². The van der Waals surface area contributed by atoms with Gasteiger partial charge >= 0.3 is 5.97 Å². The summed E-state index contributed by atoms with van der Waals surface area (Å²) in [6, 6.07) is 28.1. The molecular weight excluding hydrogens is 530 g/mol. The minimum Gasteiger partial charge on any atom is -0.454 e. The molecule has 1 aliphatic heterocycles. The van der Waals surface area contributed by atoms with E-state index in [0.717, 1.165) is 19.3 Å². The fraction of sp³-hybridized carbons (Fsp3) is 0.242. The first-order valence-corrected chi connectivity index (χ1v) is 14.1. The molecule has 5 aromatic rings. The summed E-state index contributed by atoms with van der Waals surface area (Å²) in [4.78, 5) is 39.5. The van der Waals surface area contributed by atoms with E-state index in [1.807, 2.05) is 42.5 Å². The summed E-state index contributed by atoms with van der Waals surface area (Å²) in [5.41, 5.74) is 3.07. The van der Waals surface area contributed by atoms with Gasteiger partial charge in [-0.25, -0.2) is 19.7 Å². The van der Waals surface area contributed by atoms with Crippen molar-refractivity contribution in [1.82, 2.24) is 19.5 Å². The van der Waals surface area contributed by atoms with E-state index in [0.29, 0.717) is 22.3 Å². The minimum atomic E-state index is -0.666. The first kappa shape index (κ1) is 27.3. The Morgan fingerprint density at radius 1 is 0.881 bits per heavy atom. The molecule has 212 valence electrons. The molecule has 1 unspecified atom stereocenters. The van der Waals surface area contributed by atoms with Crippen molar-refractivity contribution in [1.29, 1.82) is 0 Å². The maximum atomic E-state index is 13.3. The first-order chi connectivity index (χ1) is 20.6. The van der Waals surface area contributed by atoms with Crippen molar-refractivity contribution in [3.8, 4) is 0 Å². The van der Waals surface area contributed by atoms with Gasteiger partial charge in [0.25, 0.3) is 5.91 Å². The molecule has 1 fully saturated rings. The third kappa shape index (κ3) is 5.64. The van der Waals surface area contributed by atoms with E-state index < -0.39 is 18.3 Å². The van der Waals surface area contributed by atoms with Crippen LogP contribution in [0.1, 0.15) is 52.3 Å². The summed E-state index contributed by atoms with van der Waals surface area (Å²) in [6.07, 6.45) is 3.91. The van der Waals surface area contributed by atoms with Gasteiger partial charge in [-0.1, -0.05) is 73.7 Å². The number of anilines is 1. The van der Waals surface area contributed by atoms with Gasteiger partial charge in [-0.05, 0) is 49.1 Å². The highest BCUT2D eigenvalue weighted by atomic mass is 16.6. The lowest BCUT2D eigenvalue weighted by Crippen LogP contribution is -2.32. The highest BCUT2D eigenvalue weighted by Gasteiger charge is 2.47. The predicted molar refractivity (Wildman–Crippen MR) is 158 cm³/mol. The maximum absolute atomic E-state index is 13.3. The van der Waals surface area contributed by atoms with E-state index in [1.165, 1.54) is 11.9 Å². The number of carbonyl (C=O) groups excluding carboxylic acids is 2. The summed E-state index contributed by atoms with van der Waals surface area (Å²) >= 11 is 0. The van der Waals surface area contributed by atoms with Crippen molar-refractivity contribution < 1.29 is 19.1 Å². The smallest absolute Gasteiger partial charge is 0.338 e. The number of amides is 1. The number of benzene rings is 3. The summed E-state index contributed by atoms with van der Waals surface area (Å²) in [5, 5.41) is 2.85. The van der Waals surface area contributed by atoms with Crippen LogP contribution in [-0.4, -0.2) is 43.6 Å². The van der Waals surface area contributed by atoms with E-state index in [-0.39, 0.29) is 23.7 Å². The number of carbonyl (C=O) groups is 2. The molecule has 0 bridgehead atoms. The Kier molecular flexibility index (Phi) is 8.00. The Morgan fingerprint density at radius 2 is 1.55 bits per heavy atom. The van der Waals surface area contributed by atoms with Crippen LogP contribution in [0.25, 0.3) is 11.2 Å². The Balaban J connectivity index is 1.33. The van der Waals surface area contributed by atoms with E-state index in [9.17, 15) is 9.59 Å². The number of esters is 1. The summed E-state index contributed by atoms with van der Waals surface area (Å²) in [7, 11) is 0. The molecule has 3 heterocycles. The molecule has 1 aliphatic rings. The number of fused-ring (bicyclic) bond motifs is 1. The second kappa shape index (κ2) is 12.3. The van der Waals surface area contributed by atoms with Crippen LogP contribution < -0.4 is 5.32 Å². The van der Waals surface area contributed by atoms with Crippen LogP contribution in [-0.2, 0) is 15.9 Å². The molecule has 0 aliphatic carbocycles. The highest BCUT2D eigenvalue weighted by molar-refractivity contribution is 6.06. The number of nitrogens with one attached hydrogen (secondary N) is 1. The molecule has 0 spiro atoms. The molecule has 3 aromatic carbocycles. The van der Waals surface area contributed by atoms with Gasteiger partial charge in [0.05, 0.1) is 18.0 Å². The molecule has 2 aromatic heterocycles. The molecule has 0 radical (unpaired) electrons. The Morgan fingerprint density at radius 3 is 2.24 bits per heavy atom. The zero-order valence-electron chi connectivity index (χ0n) is 23.2. The number of hydrogen-bond donors (Lipinski definition) is 1. The quantitative estimate of drug-likeness (QED) is 0.225. The second-order valence-electron chi connectivity index (χ2n) is 10.3. The Hall–Kier alpha value is -4.89. The SMILES string of the molecule is CC[C@H]1O[C@@H](n2cnc3c(NC(=O)c4ccccc4)ncnc32)[C@@H](OC(=O)c2ccccc2)C1CCc1ccccc1. The van der Waals surface area contributed by atoms with Gasteiger partial charge in [-0.2, -0.15) is 0 Å². The van der Waals surface area contributed by atoms with Gasteiger partial charge < -0.3 is 14.8 Å². The molecular formula is C33H31N5O4. The number of ether oxygens (including phenoxy) is 2. The largest absolute Gasteiger partial charge is 0.454 e. The number of aryl methyl sites for hydroxylation is 1. The van der Waals surface area contributed by atoms with Crippen molar-refractivity contribution in [3.63, 3.8) is 0 Å². The van der Waals surface area contributed by atoms with Crippen molar-refractivity contribution >= 4 is 28.9 Å². The van der Waals surface area contributed by atoms with Crippen LogP contribution in [0.4, 0.5) is 5.82 Å². The van der Waals surface area contributed by atoms with E-state index in [1.54, 1.807) is 47.3 Å². The lowest BCUT2D eigenvalue weighted by Gasteiger charge is -2.25. The number of hydrogen-bond acceptors (Lipinski definition) is 7. The Labute approximate surface area is 243 Å². The van der Waals surface area contributed by atoms with Gasteiger partial charge in [-0.15, -0.1) is 0 Å². The topological polar surface area (TPSA) is 108 Å².